The highest BCUT2D eigenvalue weighted by Gasteiger charge is 2.33. The molecule has 1 aliphatic heterocycles. The fourth-order valence-electron chi connectivity index (χ4n) is 8.90. The van der Waals surface area contributed by atoms with Crippen LogP contribution in [-0.4, -0.2) is 37.1 Å². The SMILES string of the molecule is C1=CC2Oc3c(-c4ccc(-c5nc(-c6ccc(-c7ccccc7)cc6)nc(-c6ccc(-c7ccccc7)cc6)n5)cc4)ccc(-c4cc(-c5ccccn5)cc(-c5ccccn5)c4)c3OC2C=C1. The normalized spacial score (nSPS) is 14.6. The summed E-state index contributed by atoms with van der Waals surface area (Å²) in [6, 6.07) is 68.5. The molecule has 7 aromatic carbocycles. The van der Waals surface area contributed by atoms with Crippen molar-refractivity contribution >= 4 is 0 Å². The summed E-state index contributed by atoms with van der Waals surface area (Å²) in [5.41, 5.74) is 14.7. The molecule has 0 amide bonds. The van der Waals surface area contributed by atoms with Crippen molar-refractivity contribution in [3.63, 3.8) is 0 Å². The first-order valence-electron chi connectivity index (χ1n) is 22.7. The number of ether oxygens (including phenoxy) is 2. The largest absolute Gasteiger partial charge is 0.478 e. The summed E-state index contributed by atoms with van der Waals surface area (Å²) >= 11 is 0. The van der Waals surface area contributed by atoms with Gasteiger partial charge in [0, 0.05) is 51.3 Å². The molecule has 4 heterocycles. The summed E-state index contributed by atoms with van der Waals surface area (Å²) in [4.78, 5) is 24.7. The van der Waals surface area contributed by atoms with Crippen molar-refractivity contribution in [1.82, 2.24) is 24.9 Å². The standard InChI is InChI=1S/C61H41N5O2/c1-3-13-40(14-4-1)42-21-27-45(28-22-42)59-64-60(46-29-23-43(24-30-46)41-15-5-2-6-16-41)66-61(65-59)47-31-25-44(26-32-47)51-33-34-52(58-57(51)67-55-19-7-8-20-56(55)68-58)48-37-49(53-17-9-11-35-62-53)39-50(38-48)54-18-10-12-36-63-54/h1-39,55-56H. The Morgan fingerprint density at radius 3 is 1.06 bits per heavy atom. The highest BCUT2D eigenvalue weighted by atomic mass is 16.6. The monoisotopic (exact) mass is 875 g/mol. The first kappa shape index (κ1) is 40.4. The Balaban J connectivity index is 0.939. The minimum absolute atomic E-state index is 0.282. The molecule has 68 heavy (non-hydrogen) atoms. The second kappa shape index (κ2) is 17.7. The molecular weight excluding hydrogens is 835 g/mol. The summed E-state index contributed by atoms with van der Waals surface area (Å²) < 4.78 is 13.8. The van der Waals surface area contributed by atoms with Gasteiger partial charge in [-0.15, -0.1) is 0 Å². The summed E-state index contributed by atoms with van der Waals surface area (Å²) in [6.07, 6.45) is 11.2. The van der Waals surface area contributed by atoms with Gasteiger partial charge in [0.1, 0.15) is 0 Å². The molecule has 3 aromatic heterocycles. The van der Waals surface area contributed by atoms with Crippen LogP contribution in [0.3, 0.4) is 0 Å². The molecule has 1 aliphatic carbocycles. The molecule has 0 fully saturated rings. The third-order valence-corrected chi connectivity index (χ3v) is 12.4. The zero-order chi connectivity index (χ0) is 45.2. The van der Waals surface area contributed by atoms with Gasteiger partial charge in [-0.2, -0.15) is 0 Å². The van der Waals surface area contributed by atoms with Gasteiger partial charge in [-0.25, -0.2) is 15.0 Å². The second-order valence-electron chi connectivity index (χ2n) is 16.8. The van der Waals surface area contributed by atoms with Crippen LogP contribution >= 0.6 is 0 Å². The highest BCUT2D eigenvalue weighted by molar-refractivity contribution is 5.88. The average Bonchev–Trinajstić information content (AvgIpc) is 3.43. The van der Waals surface area contributed by atoms with E-state index in [0.29, 0.717) is 29.0 Å². The van der Waals surface area contributed by atoms with Crippen LogP contribution in [0.1, 0.15) is 0 Å². The Labute approximate surface area is 394 Å². The first-order chi connectivity index (χ1) is 33.7. The predicted octanol–water partition coefficient (Wildman–Crippen LogP) is 14.3. The fourth-order valence-corrected chi connectivity index (χ4v) is 8.90. The molecule has 7 nitrogen and oxygen atoms in total. The van der Waals surface area contributed by atoms with E-state index in [1.807, 2.05) is 73.1 Å². The second-order valence-corrected chi connectivity index (χ2v) is 16.8. The van der Waals surface area contributed by atoms with Crippen LogP contribution in [0.5, 0.6) is 11.5 Å². The zero-order valence-electron chi connectivity index (χ0n) is 36.7. The summed E-state index contributed by atoms with van der Waals surface area (Å²) in [7, 11) is 0. The highest BCUT2D eigenvalue weighted by Crippen LogP contribution is 2.50. The summed E-state index contributed by atoms with van der Waals surface area (Å²) in [5.74, 6) is 3.13. The van der Waals surface area contributed by atoms with Gasteiger partial charge in [0.15, 0.2) is 41.2 Å². The van der Waals surface area contributed by atoms with Gasteiger partial charge in [0.2, 0.25) is 0 Å². The van der Waals surface area contributed by atoms with Gasteiger partial charge >= 0.3 is 0 Å². The third-order valence-electron chi connectivity index (χ3n) is 12.4. The molecule has 2 unspecified atom stereocenters. The number of benzene rings is 7. The minimum atomic E-state index is -0.283. The van der Waals surface area contributed by atoms with Crippen LogP contribution in [-0.2, 0) is 0 Å². The molecule has 0 saturated heterocycles. The molecule has 12 rings (SSSR count). The Morgan fingerprint density at radius 1 is 0.294 bits per heavy atom. The number of pyridine rings is 2. The predicted molar refractivity (Wildman–Crippen MR) is 271 cm³/mol. The maximum absolute atomic E-state index is 6.92. The van der Waals surface area contributed by atoms with E-state index in [0.717, 1.165) is 83.7 Å². The van der Waals surface area contributed by atoms with Crippen molar-refractivity contribution in [2.24, 2.45) is 0 Å². The van der Waals surface area contributed by atoms with Gasteiger partial charge in [-0.3, -0.25) is 9.97 Å². The molecule has 0 bridgehead atoms. The lowest BCUT2D eigenvalue weighted by Gasteiger charge is -2.34. The molecule has 0 saturated carbocycles. The lowest BCUT2D eigenvalue weighted by Crippen LogP contribution is -2.38. The van der Waals surface area contributed by atoms with Crippen LogP contribution in [0.25, 0.3) is 101 Å². The van der Waals surface area contributed by atoms with E-state index in [2.05, 4.69) is 164 Å². The van der Waals surface area contributed by atoms with Crippen LogP contribution in [0.4, 0.5) is 0 Å². The number of rotatable bonds is 9. The van der Waals surface area contributed by atoms with Crippen molar-refractivity contribution in [3.8, 4) is 113 Å². The molecule has 2 aliphatic rings. The van der Waals surface area contributed by atoms with Crippen molar-refractivity contribution in [1.29, 1.82) is 0 Å². The maximum atomic E-state index is 6.92. The number of hydrogen-bond acceptors (Lipinski definition) is 7. The van der Waals surface area contributed by atoms with Crippen molar-refractivity contribution in [2.45, 2.75) is 12.2 Å². The topological polar surface area (TPSA) is 82.9 Å². The number of fused-ring (bicyclic) bond motifs is 2. The Kier molecular flexibility index (Phi) is 10.5. The maximum Gasteiger partial charge on any atom is 0.170 e. The minimum Gasteiger partial charge on any atom is -0.478 e. The van der Waals surface area contributed by atoms with Gasteiger partial charge in [0.25, 0.3) is 0 Å². The first-order valence-corrected chi connectivity index (χ1v) is 22.7. The molecule has 0 radical (unpaired) electrons. The average molecular weight is 876 g/mol. The van der Waals surface area contributed by atoms with Crippen LogP contribution < -0.4 is 9.47 Å². The van der Waals surface area contributed by atoms with Gasteiger partial charge in [0.05, 0.1) is 11.4 Å². The van der Waals surface area contributed by atoms with E-state index in [-0.39, 0.29) is 12.2 Å². The lowest BCUT2D eigenvalue weighted by molar-refractivity contribution is 0.0769. The van der Waals surface area contributed by atoms with Gasteiger partial charge < -0.3 is 9.47 Å². The van der Waals surface area contributed by atoms with E-state index >= 15 is 0 Å². The third kappa shape index (κ3) is 8.03. The quantitative estimate of drug-likeness (QED) is 0.143. The van der Waals surface area contributed by atoms with E-state index < -0.39 is 0 Å². The van der Waals surface area contributed by atoms with Crippen molar-refractivity contribution < 1.29 is 9.47 Å². The molecule has 10 aromatic rings. The molecular formula is C61H41N5O2. The zero-order valence-corrected chi connectivity index (χ0v) is 36.7. The number of aromatic nitrogens is 5. The fraction of sp³-hybridized carbons (Fsp3) is 0.0328. The summed E-state index contributed by atoms with van der Waals surface area (Å²) in [6.45, 7) is 0. The summed E-state index contributed by atoms with van der Waals surface area (Å²) in [5, 5.41) is 0. The Hall–Kier alpha value is -9.07. The van der Waals surface area contributed by atoms with Crippen LogP contribution in [0.15, 0.2) is 237 Å². The molecule has 0 N–H and O–H groups in total. The lowest BCUT2D eigenvalue weighted by atomic mass is 9.92. The number of nitrogens with zero attached hydrogens (tertiary/aromatic N) is 5. The molecule has 0 spiro atoms. The van der Waals surface area contributed by atoms with Crippen molar-refractivity contribution in [3.05, 3.63) is 237 Å². The van der Waals surface area contributed by atoms with E-state index in [4.69, 9.17) is 34.4 Å². The van der Waals surface area contributed by atoms with Crippen LogP contribution in [0, 0.1) is 0 Å². The Morgan fingerprint density at radius 2 is 0.647 bits per heavy atom. The number of hydrogen-bond donors (Lipinski definition) is 0. The number of allylic oxidation sites excluding steroid dienone is 2. The van der Waals surface area contributed by atoms with Gasteiger partial charge in [-0.05, 0) is 100 Å². The Bertz CT molecular complexity index is 3310. The van der Waals surface area contributed by atoms with E-state index in [1.165, 1.54) is 0 Å². The molecule has 2 atom stereocenters. The van der Waals surface area contributed by atoms with Crippen LogP contribution in [0.2, 0.25) is 0 Å². The van der Waals surface area contributed by atoms with Crippen molar-refractivity contribution in [2.75, 3.05) is 0 Å². The van der Waals surface area contributed by atoms with Gasteiger partial charge in [-0.1, -0.05) is 158 Å². The van der Waals surface area contributed by atoms with E-state index in [9.17, 15) is 0 Å². The smallest absolute Gasteiger partial charge is 0.170 e. The molecule has 7 heteroatoms. The van der Waals surface area contributed by atoms with E-state index in [1.54, 1.807) is 0 Å². The molecule has 322 valence electrons.